The number of hydrogen-bond donors (Lipinski definition) is 2. The van der Waals surface area contributed by atoms with E-state index in [0.717, 1.165) is 19.3 Å². The predicted molar refractivity (Wildman–Crippen MR) is 73.5 cm³/mol. The van der Waals surface area contributed by atoms with Crippen molar-refractivity contribution in [2.45, 2.75) is 25.3 Å². The van der Waals surface area contributed by atoms with Crippen LogP contribution < -0.4 is 20.5 Å². The zero-order valence-electron chi connectivity index (χ0n) is 11.3. The Hall–Kier alpha value is -1.75. The molecule has 0 aromatic heterocycles. The summed E-state index contributed by atoms with van der Waals surface area (Å²) in [4.78, 5) is 12.2. The molecule has 1 fully saturated rings. The van der Waals surface area contributed by atoms with Crippen LogP contribution in [-0.2, 0) is 4.79 Å². The summed E-state index contributed by atoms with van der Waals surface area (Å²) < 4.78 is 10.4. The maximum Gasteiger partial charge on any atom is 0.229 e. The molecular weight excluding hydrogens is 244 g/mol. The second-order valence-corrected chi connectivity index (χ2v) is 4.76. The number of nitrogens with two attached hydrogens (primary N) is 1. The minimum Gasteiger partial charge on any atom is -0.497 e. The van der Waals surface area contributed by atoms with Gasteiger partial charge in [-0.2, -0.15) is 0 Å². The number of nitrogens with one attached hydrogen (secondary N) is 1. The normalized spacial score (nSPS) is 22.1. The summed E-state index contributed by atoms with van der Waals surface area (Å²) in [7, 11) is 3.15. The molecule has 0 saturated heterocycles. The third kappa shape index (κ3) is 2.98. The topological polar surface area (TPSA) is 73.6 Å². The lowest BCUT2D eigenvalue weighted by Crippen LogP contribution is -2.34. The van der Waals surface area contributed by atoms with Gasteiger partial charge in [-0.1, -0.05) is 6.42 Å². The minimum absolute atomic E-state index is 0.0448. The highest BCUT2D eigenvalue weighted by atomic mass is 16.5. The first-order valence-electron chi connectivity index (χ1n) is 6.44. The fourth-order valence-corrected chi connectivity index (χ4v) is 2.45. The van der Waals surface area contributed by atoms with Gasteiger partial charge in [-0.3, -0.25) is 4.79 Å². The van der Waals surface area contributed by atoms with Crippen LogP contribution in [0.15, 0.2) is 18.2 Å². The van der Waals surface area contributed by atoms with E-state index in [2.05, 4.69) is 5.32 Å². The van der Waals surface area contributed by atoms with Crippen molar-refractivity contribution in [1.82, 2.24) is 0 Å². The largest absolute Gasteiger partial charge is 0.497 e. The molecule has 5 heteroatoms. The van der Waals surface area contributed by atoms with Crippen molar-refractivity contribution < 1.29 is 14.3 Å². The summed E-state index contributed by atoms with van der Waals surface area (Å²) in [5.74, 6) is 1.12. The number of hydrogen-bond acceptors (Lipinski definition) is 4. The average Bonchev–Trinajstić information content (AvgIpc) is 2.85. The maximum atomic E-state index is 12.2. The first-order valence-corrected chi connectivity index (χ1v) is 6.44. The lowest BCUT2D eigenvalue weighted by Gasteiger charge is -2.17. The van der Waals surface area contributed by atoms with Gasteiger partial charge in [0.25, 0.3) is 0 Å². The van der Waals surface area contributed by atoms with Gasteiger partial charge in [0.1, 0.15) is 11.5 Å². The standard InChI is InChI=1S/C14H20N2O3/c1-18-9-6-7-13(19-2)12(8-9)16-14(17)10-4-3-5-11(10)15/h6-8,10-11H,3-5,15H2,1-2H3,(H,16,17). The van der Waals surface area contributed by atoms with Crippen molar-refractivity contribution >= 4 is 11.6 Å². The molecular formula is C14H20N2O3. The molecule has 1 aromatic rings. The van der Waals surface area contributed by atoms with Crippen LogP contribution in [-0.4, -0.2) is 26.2 Å². The van der Waals surface area contributed by atoms with E-state index in [1.165, 1.54) is 0 Å². The summed E-state index contributed by atoms with van der Waals surface area (Å²) in [6, 6.07) is 5.26. The molecule has 0 radical (unpaired) electrons. The molecule has 104 valence electrons. The second-order valence-electron chi connectivity index (χ2n) is 4.76. The molecule has 19 heavy (non-hydrogen) atoms. The Morgan fingerprint density at radius 3 is 2.68 bits per heavy atom. The Balaban J connectivity index is 2.15. The number of carbonyl (C=O) groups excluding carboxylic acids is 1. The summed E-state index contributed by atoms with van der Waals surface area (Å²) in [5.41, 5.74) is 6.56. The van der Waals surface area contributed by atoms with E-state index < -0.39 is 0 Å². The summed E-state index contributed by atoms with van der Waals surface area (Å²) in [5, 5.41) is 2.88. The highest BCUT2D eigenvalue weighted by Gasteiger charge is 2.30. The number of benzene rings is 1. The second kappa shape index (κ2) is 5.93. The van der Waals surface area contributed by atoms with E-state index >= 15 is 0 Å². The highest BCUT2D eigenvalue weighted by molar-refractivity contribution is 5.94. The molecule has 0 heterocycles. The first kappa shape index (κ1) is 13.7. The summed E-state index contributed by atoms with van der Waals surface area (Å²) >= 11 is 0. The molecule has 1 aliphatic carbocycles. The van der Waals surface area contributed by atoms with Crippen molar-refractivity contribution in [3.8, 4) is 11.5 Å². The van der Waals surface area contributed by atoms with Crippen LogP contribution in [0.25, 0.3) is 0 Å². The monoisotopic (exact) mass is 264 g/mol. The summed E-state index contributed by atoms with van der Waals surface area (Å²) in [6.45, 7) is 0. The Kier molecular flexibility index (Phi) is 4.27. The van der Waals surface area contributed by atoms with Gasteiger partial charge in [0.05, 0.1) is 25.8 Å². The van der Waals surface area contributed by atoms with Crippen molar-refractivity contribution in [2.24, 2.45) is 11.7 Å². The van der Waals surface area contributed by atoms with E-state index in [9.17, 15) is 4.79 Å². The molecule has 0 aliphatic heterocycles. The maximum absolute atomic E-state index is 12.2. The van der Waals surface area contributed by atoms with Gasteiger partial charge in [0.15, 0.2) is 0 Å². The van der Waals surface area contributed by atoms with E-state index in [1.54, 1.807) is 32.4 Å². The first-order chi connectivity index (χ1) is 9.15. The molecule has 1 amide bonds. The van der Waals surface area contributed by atoms with Crippen molar-refractivity contribution in [3.63, 3.8) is 0 Å². The number of anilines is 1. The van der Waals surface area contributed by atoms with Crippen molar-refractivity contribution in [3.05, 3.63) is 18.2 Å². The molecule has 0 bridgehead atoms. The van der Waals surface area contributed by atoms with Crippen LogP contribution in [0.1, 0.15) is 19.3 Å². The molecule has 3 N–H and O–H groups in total. The minimum atomic E-state index is -0.115. The number of rotatable bonds is 4. The van der Waals surface area contributed by atoms with E-state index in [4.69, 9.17) is 15.2 Å². The van der Waals surface area contributed by atoms with E-state index in [1.807, 2.05) is 0 Å². The molecule has 2 unspecified atom stereocenters. The fourth-order valence-electron chi connectivity index (χ4n) is 2.45. The quantitative estimate of drug-likeness (QED) is 0.869. The van der Waals surface area contributed by atoms with Gasteiger partial charge in [-0.15, -0.1) is 0 Å². The Morgan fingerprint density at radius 2 is 2.11 bits per heavy atom. The molecule has 2 rings (SSSR count). The highest BCUT2D eigenvalue weighted by Crippen LogP contribution is 2.31. The lowest BCUT2D eigenvalue weighted by molar-refractivity contribution is -0.120. The van der Waals surface area contributed by atoms with Gasteiger partial charge < -0.3 is 20.5 Å². The smallest absolute Gasteiger partial charge is 0.229 e. The van der Waals surface area contributed by atoms with Gasteiger partial charge in [-0.05, 0) is 25.0 Å². The Labute approximate surface area is 113 Å². The number of ether oxygens (including phenoxy) is 2. The third-order valence-electron chi connectivity index (χ3n) is 3.57. The van der Waals surface area contributed by atoms with Gasteiger partial charge >= 0.3 is 0 Å². The number of methoxy groups -OCH3 is 2. The van der Waals surface area contributed by atoms with Crippen LogP contribution in [0.2, 0.25) is 0 Å². The van der Waals surface area contributed by atoms with Crippen LogP contribution >= 0.6 is 0 Å². The molecule has 0 spiro atoms. The number of amides is 1. The third-order valence-corrected chi connectivity index (χ3v) is 3.57. The van der Waals surface area contributed by atoms with Crippen molar-refractivity contribution in [1.29, 1.82) is 0 Å². The molecule has 2 atom stereocenters. The van der Waals surface area contributed by atoms with E-state index in [-0.39, 0.29) is 17.9 Å². The van der Waals surface area contributed by atoms with Crippen LogP contribution in [0.4, 0.5) is 5.69 Å². The van der Waals surface area contributed by atoms with Gasteiger partial charge in [0.2, 0.25) is 5.91 Å². The van der Waals surface area contributed by atoms with Crippen molar-refractivity contribution in [2.75, 3.05) is 19.5 Å². The predicted octanol–water partition coefficient (Wildman–Crippen LogP) is 1.77. The summed E-state index contributed by atoms with van der Waals surface area (Å²) in [6.07, 6.45) is 2.76. The molecule has 5 nitrogen and oxygen atoms in total. The van der Waals surface area contributed by atoms with Gasteiger partial charge in [0, 0.05) is 12.1 Å². The molecule has 1 aliphatic rings. The zero-order chi connectivity index (χ0) is 13.8. The Bertz CT molecular complexity index is 462. The average molecular weight is 264 g/mol. The van der Waals surface area contributed by atoms with Crippen LogP contribution in [0, 0.1) is 5.92 Å². The van der Waals surface area contributed by atoms with E-state index in [0.29, 0.717) is 17.2 Å². The molecule has 1 aromatic carbocycles. The Morgan fingerprint density at radius 1 is 1.32 bits per heavy atom. The van der Waals surface area contributed by atoms with Crippen LogP contribution in [0.3, 0.4) is 0 Å². The fraction of sp³-hybridized carbons (Fsp3) is 0.500. The van der Waals surface area contributed by atoms with Crippen LogP contribution in [0.5, 0.6) is 11.5 Å². The number of carbonyl (C=O) groups is 1. The lowest BCUT2D eigenvalue weighted by atomic mass is 10.0. The van der Waals surface area contributed by atoms with Gasteiger partial charge in [-0.25, -0.2) is 0 Å². The SMILES string of the molecule is COc1ccc(OC)c(NC(=O)C2CCCC2N)c1. The molecule has 1 saturated carbocycles. The zero-order valence-corrected chi connectivity index (χ0v) is 11.3.